The van der Waals surface area contributed by atoms with Crippen molar-refractivity contribution in [3.05, 3.63) is 0 Å². The molecule has 0 aliphatic carbocycles. The molecule has 0 aromatic carbocycles. The molecule has 0 heterocycles. The second kappa shape index (κ2) is 35.2. The fraction of sp³-hybridized carbons (Fsp3) is 0.947. The van der Waals surface area contributed by atoms with Crippen LogP contribution in [0.2, 0.25) is 0 Å². The summed E-state index contributed by atoms with van der Waals surface area (Å²) in [5.41, 5.74) is 11.2. The van der Waals surface area contributed by atoms with Gasteiger partial charge in [-0.3, -0.25) is 4.79 Å². The lowest BCUT2D eigenvalue weighted by atomic mass is 10.1. The lowest BCUT2D eigenvalue weighted by Gasteiger charge is -2.11. The molecule has 0 aliphatic heterocycles. The molecule has 1 unspecified atom stereocenters. The van der Waals surface area contributed by atoms with Crippen molar-refractivity contribution in [1.29, 1.82) is 0 Å². The first-order chi connectivity index (χ1) is 12.2. The molecule has 5 N–H and O–H groups in total. The highest BCUT2D eigenvalue weighted by Gasteiger charge is 2.12. The average Bonchev–Trinajstić information content (AvgIpc) is 2.69. The minimum absolute atomic E-state index is 0.0330. The van der Waals surface area contributed by atoms with Crippen LogP contribution in [0.25, 0.3) is 0 Å². The van der Waals surface area contributed by atoms with E-state index >= 15 is 0 Å². The summed E-state index contributed by atoms with van der Waals surface area (Å²) in [4.78, 5) is 11.7. The van der Waals surface area contributed by atoms with E-state index in [1.165, 1.54) is 32.1 Å². The number of unbranched alkanes of at least 4 members (excludes halogenated alkanes) is 5. The van der Waals surface area contributed by atoms with Crippen molar-refractivity contribution in [2.75, 3.05) is 24.6 Å². The van der Waals surface area contributed by atoms with Crippen LogP contribution in [-0.2, 0) is 4.79 Å². The SMILES string of the molecule is CC.CC.CC.CCCCCCCCNC(=O)C(N)CSSCCN. The average molecular weight is 398 g/mol. The molecule has 0 rings (SSSR count). The topological polar surface area (TPSA) is 81.1 Å². The lowest BCUT2D eigenvalue weighted by molar-refractivity contribution is -0.121. The summed E-state index contributed by atoms with van der Waals surface area (Å²) in [7, 11) is 3.29. The van der Waals surface area contributed by atoms with Gasteiger partial charge in [-0.15, -0.1) is 0 Å². The summed E-state index contributed by atoms with van der Waals surface area (Å²) in [6, 6.07) is -0.407. The molecular weight excluding hydrogens is 350 g/mol. The molecule has 156 valence electrons. The third kappa shape index (κ3) is 32.3. The zero-order chi connectivity index (χ0) is 20.3. The Balaban J connectivity index is -0.000000329. The molecule has 25 heavy (non-hydrogen) atoms. The number of rotatable bonds is 13. The second-order valence-electron chi connectivity index (χ2n) is 4.56. The normalized spacial score (nSPS) is 10.1. The molecule has 1 amide bonds. The van der Waals surface area contributed by atoms with Crippen LogP contribution in [0.1, 0.15) is 87.0 Å². The van der Waals surface area contributed by atoms with Gasteiger partial charge in [0.2, 0.25) is 5.91 Å². The van der Waals surface area contributed by atoms with Crippen molar-refractivity contribution in [3.8, 4) is 0 Å². The summed E-state index contributed by atoms with van der Waals surface area (Å²) in [5.74, 6) is 1.51. The van der Waals surface area contributed by atoms with Crippen molar-refractivity contribution < 1.29 is 4.79 Å². The van der Waals surface area contributed by atoms with E-state index in [1.54, 1.807) is 21.6 Å². The summed E-state index contributed by atoms with van der Waals surface area (Å²) in [6.07, 6.45) is 7.40. The molecule has 0 aromatic rings. The summed E-state index contributed by atoms with van der Waals surface area (Å²) < 4.78 is 0. The maximum Gasteiger partial charge on any atom is 0.237 e. The standard InChI is InChI=1S/C13H29N3OS2.3C2H6/c1-2-3-4-5-6-7-9-16-13(17)12(15)11-19-18-10-8-14;3*1-2/h12H,2-11,14-15H2,1H3,(H,16,17);3*1-2H3. The van der Waals surface area contributed by atoms with Crippen LogP contribution in [0, 0.1) is 0 Å². The van der Waals surface area contributed by atoms with Gasteiger partial charge >= 0.3 is 0 Å². The zero-order valence-corrected chi connectivity index (χ0v) is 19.7. The third-order valence-electron chi connectivity index (χ3n) is 2.70. The second-order valence-corrected chi connectivity index (χ2v) is 7.19. The van der Waals surface area contributed by atoms with Crippen LogP contribution in [-0.4, -0.2) is 36.5 Å². The molecule has 0 aliphatic rings. The Bertz CT molecular complexity index is 221. The molecule has 0 aromatic heterocycles. The molecular formula is C19H47N3OS2. The van der Waals surface area contributed by atoms with Crippen molar-refractivity contribution in [2.24, 2.45) is 11.5 Å². The van der Waals surface area contributed by atoms with E-state index in [0.29, 0.717) is 12.3 Å². The summed E-state index contributed by atoms with van der Waals surface area (Å²) in [5, 5.41) is 2.90. The minimum atomic E-state index is -0.407. The first kappa shape index (κ1) is 32.7. The Hall–Kier alpha value is 0.0900. The largest absolute Gasteiger partial charge is 0.355 e. The highest BCUT2D eigenvalue weighted by Crippen LogP contribution is 2.20. The Morgan fingerprint density at radius 3 is 1.96 bits per heavy atom. The summed E-state index contributed by atoms with van der Waals surface area (Å²) in [6.45, 7) is 15.6. The van der Waals surface area contributed by atoms with E-state index in [4.69, 9.17) is 11.5 Å². The van der Waals surface area contributed by atoms with Crippen LogP contribution in [0.3, 0.4) is 0 Å². The molecule has 6 heteroatoms. The van der Waals surface area contributed by atoms with Crippen LogP contribution in [0.15, 0.2) is 0 Å². The quantitative estimate of drug-likeness (QED) is 0.293. The summed E-state index contributed by atoms with van der Waals surface area (Å²) >= 11 is 0. The van der Waals surface area contributed by atoms with Crippen molar-refractivity contribution in [1.82, 2.24) is 5.32 Å². The highest BCUT2D eigenvalue weighted by molar-refractivity contribution is 8.76. The fourth-order valence-corrected chi connectivity index (χ4v) is 3.53. The lowest BCUT2D eigenvalue weighted by Crippen LogP contribution is -2.42. The molecule has 0 spiro atoms. The number of nitrogens with two attached hydrogens (primary N) is 2. The Labute approximate surface area is 166 Å². The van der Waals surface area contributed by atoms with E-state index in [9.17, 15) is 4.79 Å². The van der Waals surface area contributed by atoms with Crippen molar-refractivity contribution in [2.45, 2.75) is 93.0 Å². The smallest absolute Gasteiger partial charge is 0.237 e. The molecule has 0 saturated heterocycles. The number of carbonyl (C=O) groups excluding carboxylic acids is 1. The maximum absolute atomic E-state index is 11.7. The predicted octanol–water partition coefficient (Wildman–Crippen LogP) is 5.21. The van der Waals surface area contributed by atoms with Gasteiger partial charge in [0.25, 0.3) is 0 Å². The predicted molar refractivity (Wildman–Crippen MR) is 122 cm³/mol. The van der Waals surface area contributed by atoms with Crippen LogP contribution >= 0.6 is 21.6 Å². The Kier molecular flexibility index (Phi) is 46.1. The number of hydrogen-bond donors (Lipinski definition) is 3. The van der Waals surface area contributed by atoms with Gasteiger partial charge in [-0.25, -0.2) is 0 Å². The molecule has 0 radical (unpaired) electrons. The monoisotopic (exact) mass is 397 g/mol. The fourth-order valence-electron chi connectivity index (χ4n) is 1.55. The van der Waals surface area contributed by atoms with Gasteiger partial charge in [-0.1, -0.05) is 102 Å². The highest BCUT2D eigenvalue weighted by atomic mass is 33.1. The molecule has 0 fully saturated rings. The van der Waals surface area contributed by atoms with E-state index < -0.39 is 6.04 Å². The van der Waals surface area contributed by atoms with E-state index in [1.807, 2.05) is 41.5 Å². The molecule has 0 saturated carbocycles. The Morgan fingerprint density at radius 1 is 0.920 bits per heavy atom. The van der Waals surface area contributed by atoms with E-state index in [-0.39, 0.29) is 5.91 Å². The van der Waals surface area contributed by atoms with Gasteiger partial charge in [-0.2, -0.15) is 0 Å². The minimum Gasteiger partial charge on any atom is -0.355 e. The third-order valence-corrected chi connectivity index (χ3v) is 5.17. The first-order valence-corrected chi connectivity index (χ1v) is 12.7. The molecule has 1 atom stereocenters. The van der Waals surface area contributed by atoms with Crippen LogP contribution < -0.4 is 16.8 Å². The van der Waals surface area contributed by atoms with Gasteiger partial charge < -0.3 is 16.8 Å². The number of amides is 1. The van der Waals surface area contributed by atoms with E-state index in [2.05, 4.69) is 12.2 Å². The number of carbonyl (C=O) groups is 1. The van der Waals surface area contributed by atoms with E-state index in [0.717, 1.165) is 18.7 Å². The zero-order valence-electron chi connectivity index (χ0n) is 18.0. The van der Waals surface area contributed by atoms with Crippen molar-refractivity contribution in [3.63, 3.8) is 0 Å². The van der Waals surface area contributed by atoms with Gasteiger partial charge in [0.15, 0.2) is 0 Å². The van der Waals surface area contributed by atoms with Crippen LogP contribution in [0.4, 0.5) is 0 Å². The number of nitrogens with one attached hydrogen (secondary N) is 1. The van der Waals surface area contributed by atoms with Gasteiger partial charge in [0, 0.05) is 24.6 Å². The molecule has 4 nitrogen and oxygen atoms in total. The number of hydrogen-bond acceptors (Lipinski definition) is 5. The Morgan fingerprint density at radius 2 is 1.44 bits per heavy atom. The first-order valence-electron chi connectivity index (χ1n) is 10.2. The maximum atomic E-state index is 11.7. The van der Waals surface area contributed by atoms with Crippen LogP contribution in [0.5, 0.6) is 0 Å². The molecule has 0 bridgehead atoms. The van der Waals surface area contributed by atoms with Gasteiger partial charge in [0.05, 0.1) is 6.04 Å². The van der Waals surface area contributed by atoms with Crippen molar-refractivity contribution >= 4 is 27.5 Å². The van der Waals surface area contributed by atoms with Gasteiger partial charge in [-0.05, 0) is 6.42 Å². The van der Waals surface area contributed by atoms with Gasteiger partial charge in [0.1, 0.15) is 0 Å².